The molecule has 0 aromatic carbocycles. The summed E-state index contributed by atoms with van der Waals surface area (Å²) in [5, 5.41) is 10.2. The first-order valence-electron chi connectivity index (χ1n) is 7.25. The lowest BCUT2D eigenvalue weighted by Gasteiger charge is -2.31. The largest absolute Gasteiger partial charge is 0.384 e. The number of rotatable bonds is 6. The van der Waals surface area contributed by atoms with Crippen LogP contribution in [0.2, 0.25) is 0 Å². The fourth-order valence-electron chi connectivity index (χ4n) is 2.59. The third-order valence-electron chi connectivity index (χ3n) is 3.71. The Morgan fingerprint density at radius 2 is 2.05 bits per heavy atom. The molecule has 1 fully saturated rings. The van der Waals surface area contributed by atoms with Crippen LogP contribution in [0.3, 0.4) is 0 Å². The van der Waals surface area contributed by atoms with E-state index < -0.39 is 5.79 Å². The van der Waals surface area contributed by atoms with Crippen LogP contribution in [-0.2, 0) is 11.2 Å². The van der Waals surface area contributed by atoms with Crippen molar-refractivity contribution in [2.24, 2.45) is 0 Å². The van der Waals surface area contributed by atoms with Gasteiger partial charge in [0, 0.05) is 19.0 Å². The van der Waals surface area contributed by atoms with Crippen LogP contribution in [0, 0.1) is 0 Å². The van der Waals surface area contributed by atoms with Gasteiger partial charge >= 0.3 is 0 Å². The van der Waals surface area contributed by atoms with Crippen LogP contribution in [0.5, 0.6) is 0 Å². The van der Waals surface area contributed by atoms with Gasteiger partial charge in [0.1, 0.15) is 5.82 Å². The van der Waals surface area contributed by atoms with Gasteiger partial charge in [-0.05, 0) is 49.8 Å². The van der Waals surface area contributed by atoms with E-state index in [2.05, 4.69) is 4.98 Å². The van der Waals surface area contributed by atoms with Crippen molar-refractivity contribution in [3.05, 3.63) is 23.9 Å². The Morgan fingerprint density at radius 3 is 2.79 bits per heavy atom. The number of unbranched alkanes of at least 4 members (excludes halogenated alkanes) is 1. The summed E-state index contributed by atoms with van der Waals surface area (Å²) in [5.41, 5.74) is 6.85. The first-order valence-corrected chi connectivity index (χ1v) is 7.25. The smallest absolute Gasteiger partial charge is 0.165 e. The Morgan fingerprint density at radius 1 is 1.26 bits per heavy atom. The molecular formula is C15H24N2O2. The van der Waals surface area contributed by atoms with Crippen molar-refractivity contribution in [2.75, 3.05) is 12.3 Å². The molecular weight excluding hydrogens is 240 g/mol. The van der Waals surface area contributed by atoms with Crippen molar-refractivity contribution < 1.29 is 9.84 Å². The Bertz CT molecular complexity index is 389. The molecule has 4 heteroatoms. The molecule has 1 aliphatic carbocycles. The molecule has 0 spiro atoms. The number of aryl methyl sites for hydroxylation is 1. The molecule has 1 saturated carbocycles. The molecule has 0 aliphatic heterocycles. The van der Waals surface area contributed by atoms with E-state index in [0.717, 1.165) is 44.9 Å². The van der Waals surface area contributed by atoms with Crippen molar-refractivity contribution in [1.29, 1.82) is 0 Å². The number of aliphatic hydroxyl groups is 1. The zero-order chi connectivity index (χ0) is 13.6. The average Bonchev–Trinajstić information content (AvgIpc) is 2.39. The lowest BCUT2D eigenvalue weighted by molar-refractivity contribution is -0.220. The molecule has 3 N–H and O–H groups in total. The molecule has 0 amide bonds. The number of aromatic nitrogens is 1. The number of ether oxygens (including phenoxy) is 1. The van der Waals surface area contributed by atoms with Crippen molar-refractivity contribution in [3.63, 3.8) is 0 Å². The Balaban J connectivity index is 1.62. The number of pyridine rings is 1. The van der Waals surface area contributed by atoms with Crippen molar-refractivity contribution >= 4 is 5.82 Å². The molecule has 1 aromatic heterocycles. The SMILES string of the molecule is Nc1cc(CCCCOC2(O)CCCCC2)ccn1. The van der Waals surface area contributed by atoms with Gasteiger partial charge in [0.2, 0.25) is 0 Å². The second-order valence-electron chi connectivity index (χ2n) is 5.40. The molecule has 19 heavy (non-hydrogen) atoms. The zero-order valence-electron chi connectivity index (χ0n) is 11.5. The van der Waals surface area contributed by atoms with Gasteiger partial charge in [0.25, 0.3) is 0 Å². The number of hydrogen-bond acceptors (Lipinski definition) is 4. The summed E-state index contributed by atoms with van der Waals surface area (Å²) >= 11 is 0. The zero-order valence-corrected chi connectivity index (χ0v) is 11.5. The van der Waals surface area contributed by atoms with Gasteiger partial charge in [0.05, 0.1) is 6.61 Å². The average molecular weight is 264 g/mol. The maximum atomic E-state index is 10.2. The summed E-state index contributed by atoms with van der Waals surface area (Å²) < 4.78 is 5.65. The van der Waals surface area contributed by atoms with Crippen LogP contribution in [0.4, 0.5) is 5.82 Å². The molecule has 2 rings (SSSR count). The van der Waals surface area contributed by atoms with E-state index in [9.17, 15) is 5.11 Å². The molecule has 1 heterocycles. The molecule has 0 saturated heterocycles. The highest BCUT2D eigenvalue weighted by atomic mass is 16.6. The van der Waals surface area contributed by atoms with Crippen LogP contribution in [0.1, 0.15) is 50.5 Å². The fraction of sp³-hybridized carbons (Fsp3) is 0.667. The van der Waals surface area contributed by atoms with Crippen molar-refractivity contribution in [3.8, 4) is 0 Å². The highest BCUT2D eigenvalue weighted by molar-refractivity contribution is 5.31. The lowest BCUT2D eigenvalue weighted by atomic mass is 9.94. The van der Waals surface area contributed by atoms with E-state index in [0.29, 0.717) is 12.4 Å². The Labute approximate surface area is 115 Å². The summed E-state index contributed by atoms with van der Waals surface area (Å²) in [4.78, 5) is 3.97. The highest BCUT2D eigenvalue weighted by Crippen LogP contribution is 2.29. The highest BCUT2D eigenvalue weighted by Gasteiger charge is 2.29. The molecule has 0 unspecified atom stereocenters. The summed E-state index contributed by atoms with van der Waals surface area (Å²) in [6.07, 6.45) is 9.67. The van der Waals surface area contributed by atoms with Gasteiger partial charge in [-0.25, -0.2) is 4.98 Å². The summed E-state index contributed by atoms with van der Waals surface area (Å²) in [6, 6.07) is 3.90. The fourth-order valence-corrected chi connectivity index (χ4v) is 2.59. The maximum Gasteiger partial charge on any atom is 0.165 e. The third kappa shape index (κ3) is 4.80. The summed E-state index contributed by atoms with van der Waals surface area (Å²) in [5.74, 6) is -0.274. The predicted molar refractivity (Wildman–Crippen MR) is 75.6 cm³/mol. The second kappa shape index (κ2) is 6.87. The van der Waals surface area contributed by atoms with E-state index in [1.165, 1.54) is 12.0 Å². The molecule has 106 valence electrons. The van der Waals surface area contributed by atoms with Gasteiger partial charge in [-0.15, -0.1) is 0 Å². The van der Waals surface area contributed by atoms with Crippen LogP contribution >= 0.6 is 0 Å². The Kier molecular flexibility index (Phi) is 5.16. The minimum atomic E-state index is -0.848. The van der Waals surface area contributed by atoms with E-state index in [1.807, 2.05) is 12.1 Å². The van der Waals surface area contributed by atoms with Crippen LogP contribution in [0.15, 0.2) is 18.3 Å². The van der Waals surface area contributed by atoms with Gasteiger partial charge in [-0.2, -0.15) is 0 Å². The van der Waals surface area contributed by atoms with E-state index in [1.54, 1.807) is 6.20 Å². The van der Waals surface area contributed by atoms with E-state index >= 15 is 0 Å². The monoisotopic (exact) mass is 264 g/mol. The number of nitrogens with two attached hydrogens (primary N) is 1. The number of nitrogens with zero attached hydrogens (tertiary/aromatic N) is 1. The van der Waals surface area contributed by atoms with Crippen molar-refractivity contribution in [2.45, 2.75) is 57.2 Å². The predicted octanol–water partition coefficient (Wildman–Crippen LogP) is 2.66. The second-order valence-corrected chi connectivity index (χ2v) is 5.40. The van der Waals surface area contributed by atoms with Crippen molar-refractivity contribution in [1.82, 2.24) is 4.98 Å². The van der Waals surface area contributed by atoms with E-state index in [4.69, 9.17) is 10.5 Å². The minimum Gasteiger partial charge on any atom is -0.384 e. The maximum absolute atomic E-state index is 10.2. The number of anilines is 1. The molecule has 4 nitrogen and oxygen atoms in total. The van der Waals surface area contributed by atoms with E-state index in [-0.39, 0.29) is 0 Å². The molecule has 1 aliphatic rings. The van der Waals surface area contributed by atoms with Gasteiger partial charge in [-0.1, -0.05) is 6.42 Å². The third-order valence-corrected chi connectivity index (χ3v) is 3.71. The Hall–Kier alpha value is -1.13. The summed E-state index contributed by atoms with van der Waals surface area (Å²) in [7, 11) is 0. The quantitative estimate of drug-likeness (QED) is 0.612. The molecule has 0 radical (unpaired) electrons. The van der Waals surface area contributed by atoms with Gasteiger partial charge in [-0.3, -0.25) is 0 Å². The van der Waals surface area contributed by atoms with Gasteiger partial charge < -0.3 is 15.6 Å². The lowest BCUT2D eigenvalue weighted by Crippen LogP contribution is -2.34. The topological polar surface area (TPSA) is 68.4 Å². The van der Waals surface area contributed by atoms with Crippen LogP contribution in [0.25, 0.3) is 0 Å². The first kappa shape index (κ1) is 14.3. The van der Waals surface area contributed by atoms with Crippen LogP contribution in [-0.4, -0.2) is 22.5 Å². The summed E-state index contributed by atoms with van der Waals surface area (Å²) in [6.45, 7) is 0.636. The molecule has 0 bridgehead atoms. The van der Waals surface area contributed by atoms with Crippen LogP contribution < -0.4 is 5.73 Å². The normalized spacial score (nSPS) is 18.4. The minimum absolute atomic E-state index is 0.574. The number of hydrogen-bond donors (Lipinski definition) is 2. The standard InChI is InChI=1S/C15H24N2O2/c16-14-12-13(7-10-17-14)6-2-5-11-19-15(18)8-3-1-4-9-15/h7,10,12,18H,1-6,8-9,11H2,(H2,16,17). The molecule has 0 atom stereocenters. The number of nitrogen functional groups attached to an aromatic ring is 1. The molecule has 1 aromatic rings. The van der Waals surface area contributed by atoms with Gasteiger partial charge in [0.15, 0.2) is 5.79 Å². The first-order chi connectivity index (χ1) is 9.18.